The molecule has 1 aliphatic heterocycles. The van der Waals surface area contributed by atoms with E-state index in [0.29, 0.717) is 24.8 Å². The van der Waals surface area contributed by atoms with Crippen LogP contribution in [0.1, 0.15) is 51.2 Å². The molecule has 1 saturated heterocycles. The molecule has 1 aromatic rings. The number of aryl methyl sites for hydroxylation is 1. The zero-order valence-electron chi connectivity index (χ0n) is 13.4. The van der Waals surface area contributed by atoms with Crippen LogP contribution in [0.15, 0.2) is 4.52 Å². The highest BCUT2D eigenvalue weighted by atomic mass is 32.2. The minimum absolute atomic E-state index is 0.00380. The molecule has 1 amide bonds. The summed E-state index contributed by atoms with van der Waals surface area (Å²) in [5.41, 5.74) is 0. The maximum absolute atomic E-state index is 12.5. The van der Waals surface area contributed by atoms with E-state index in [9.17, 15) is 13.2 Å². The average molecular weight is 329 g/mol. The normalized spacial score (nSPS) is 21.1. The summed E-state index contributed by atoms with van der Waals surface area (Å²) < 4.78 is 29.4. The van der Waals surface area contributed by atoms with Crippen molar-refractivity contribution >= 4 is 15.7 Å². The average Bonchev–Trinajstić information content (AvgIpc) is 2.92. The van der Waals surface area contributed by atoms with Gasteiger partial charge < -0.3 is 9.42 Å². The van der Waals surface area contributed by atoms with Crippen LogP contribution in [0, 0.1) is 6.92 Å². The number of likely N-dealkylation sites (tertiary alicyclic amines) is 1. The third kappa shape index (κ3) is 3.31. The fourth-order valence-corrected chi connectivity index (χ4v) is 3.92. The summed E-state index contributed by atoms with van der Waals surface area (Å²) in [6, 6.07) is 0. The summed E-state index contributed by atoms with van der Waals surface area (Å²) in [4.78, 5) is 18.3. The molecule has 124 valence electrons. The van der Waals surface area contributed by atoms with Gasteiger partial charge in [-0.2, -0.15) is 4.98 Å². The Labute approximate surface area is 131 Å². The molecule has 0 saturated carbocycles. The molecule has 8 heteroatoms. The summed E-state index contributed by atoms with van der Waals surface area (Å²) in [5.74, 6) is 0.756. The van der Waals surface area contributed by atoms with Gasteiger partial charge in [0.2, 0.25) is 11.8 Å². The Hall–Kier alpha value is -1.44. The Morgan fingerprint density at radius 3 is 2.59 bits per heavy atom. The Kier molecular flexibility index (Phi) is 4.89. The topological polar surface area (TPSA) is 93.4 Å². The number of piperidine rings is 1. The van der Waals surface area contributed by atoms with Gasteiger partial charge in [-0.15, -0.1) is 0 Å². The van der Waals surface area contributed by atoms with Crippen molar-refractivity contribution in [2.45, 2.75) is 57.0 Å². The minimum Gasteiger partial charge on any atom is -0.341 e. The summed E-state index contributed by atoms with van der Waals surface area (Å²) in [6.45, 7) is 7.40. The van der Waals surface area contributed by atoms with Crippen LogP contribution in [0.25, 0.3) is 0 Å². The molecule has 0 aromatic carbocycles. The molecule has 1 fully saturated rings. The van der Waals surface area contributed by atoms with Crippen molar-refractivity contribution in [3.63, 3.8) is 0 Å². The van der Waals surface area contributed by atoms with Crippen molar-refractivity contribution < 1.29 is 17.7 Å². The molecule has 0 radical (unpaired) electrons. The molecular formula is C14H23N3O4S. The van der Waals surface area contributed by atoms with Crippen molar-refractivity contribution in [2.24, 2.45) is 0 Å². The lowest BCUT2D eigenvalue weighted by atomic mass is 9.97. The van der Waals surface area contributed by atoms with E-state index in [1.807, 2.05) is 0 Å². The minimum atomic E-state index is -3.44. The van der Waals surface area contributed by atoms with E-state index < -0.39 is 20.3 Å². The van der Waals surface area contributed by atoms with Crippen molar-refractivity contribution in [1.29, 1.82) is 0 Å². The van der Waals surface area contributed by atoms with Crippen molar-refractivity contribution in [2.75, 3.05) is 13.1 Å². The SMILES string of the molecule is Cc1nc([C@@H]2CCCN(C(=O)[C@@H](C)S(=O)(=O)C(C)C)C2)no1. The number of carbonyl (C=O) groups excluding carboxylic acids is 1. The highest BCUT2D eigenvalue weighted by molar-refractivity contribution is 7.93. The lowest BCUT2D eigenvalue weighted by Gasteiger charge is -2.33. The van der Waals surface area contributed by atoms with Gasteiger partial charge in [-0.25, -0.2) is 8.42 Å². The second-order valence-electron chi connectivity index (χ2n) is 6.08. The van der Waals surface area contributed by atoms with E-state index >= 15 is 0 Å². The van der Waals surface area contributed by atoms with Gasteiger partial charge in [0.15, 0.2) is 15.7 Å². The maximum Gasteiger partial charge on any atom is 0.240 e. The molecule has 0 aliphatic carbocycles. The molecular weight excluding hydrogens is 306 g/mol. The first-order valence-electron chi connectivity index (χ1n) is 7.55. The van der Waals surface area contributed by atoms with Crippen molar-refractivity contribution in [3.05, 3.63) is 11.7 Å². The molecule has 2 heterocycles. The predicted octanol–water partition coefficient (Wildman–Crippen LogP) is 1.30. The Morgan fingerprint density at radius 1 is 1.36 bits per heavy atom. The van der Waals surface area contributed by atoms with Gasteiger partial charge in [0, 0.05) is 25.9 Å². The number of rotatable bonds is 4. The van der Waals surface area contributed by atoms with Crippen LogP contribution in [0.3, 0.4) is 0 Å². The fraction of sp³-hybridized carbons (Fsp3) is 0.786. The van der Waals surface area contributed by atoms with Gasteiger partial charge in [0.05, 0.1) is 5.25 Å². The predicted molar refractivity (Wildman–Crippen MR) is 81.1 cm³/mol. The quantitative estimate of drug-likeness (QED) is 0.826. The molecule has 22 heavy (non-hydrogen) atoms. The van der Waals surface area contributed by atoms with Gasteiger partial charge in [-0.3, -0.25) is 4.79 Å². The number of hydrogen-bond donors (Lipinski definition) is 0. The van der Waals surface area contributed by atoms with Gasteiger partial charge in [0.25, 0.3) is 0 Å². The zero-order valence-corrected chi connectivity index (χ0v) is 14.3. The lowest BCUT2D eigenvalue weighted by molar-refractivity contribution is -0.131. The van der Waals surface area contributed by atoms with E-state index in [-0.39, 0.29) is 11.8 Å². The number of hydrogen-bond acceptors (Lipinski definition) is 6. The first-order chi connectivity index (χ1) is 10.2. The van der Waals surface area contributed by atoms with Gasteiger partial charge >= 0.3 is 0 Å². The summed E-state index contributed by atoms with van der Waals surface area (Å²) in [5, 5.41) is 2.33. The van der Waals surface area contributed by atoms with E-state index in [1.165, 1.54) is 6.92 Å². The largest absolute Gasteiger partial charge is 0.341 e. The number of carbonyl (C=O) groups is 1. The smallest absolute Gasteiger partial charge is 0.240 e. The Morgan fingerprint density at radius 2 is 2.05 bits per heavy atom. The molecule has 0 spiro atoms. The Balaban J connectivity index is 2.10. The van der Waals surface area contributed by atoms with E-state index in [4.69, 9.17) is 4.52 Å². The van der Waals surface area contributed by atoms with Crippen LogP contribution in [0.4, 0.5) is 0 Å². The Bertz CT molecular complexity index is 638. The van der Waals surface area contributed by atoms with E-state index in [2.05, 4.69) is 10.1 Å². The molecule has 0 unspecified atom stereocenters. The third-order valence-electron chi connectivity index (χ3n) is 4.14. The van der Waals surface area contributed by atoms with E-state index in [1.54, 1.807) is 25.7 Å². The molecule has 2 rings (SSSR count). The van der Waals surface area contributed by atoms with Crippen LogP contribution in [-0.2, 0) is 14.6 Å². The van der Waals surface area contributed by atoms with Crippen molar-refractivity contribution in [1.82, 2.24) is 15.0 Å². The number of aromatic nitrogens is 2. The highest BCUT2D eigenvalue weighted by Crippen LogP contribution is 2.26. The first-order valence-corrected chi connectivity index (χ1v) is 9.16. The van der Waals surface area contributed by atoms with Crippen LogP contribution in [-0.4, -0.2) is 53.0 Å². The highest BCUT2D eigenvalue weighted by Gasteiger charge is 2.36. The van der Waals surface area contributed by atoms with Gasteiger partial charge in [-0.1, -0.05) is 5.16 Å². The van der Waals surface area contributed by atoms with E-state index in [0.717, 1.165) is 12.8 Å². The molecule has 2 atom stereocenters. The standard InChI is InChI=1S/C14H23N3O4S/c1-9(2)22(19,20)10(3)14(18)17-7-5-6-12(8-17)13-15-11(4)21-16-13/h9-10,12H,5-8H2,1-4H3/t10-,12-/m1/s1. The lowest BCUT2D eigenvalue weighted by Crippen LogP contribution is -2.47. The number of amides is 1. The number of sulfone groups is 1. The summed E-state index contributed by atoms with van der Waals surface area (Å²) >= 11 is 0. The van der Waals surface area contributed by atoms with Gasteiger partial charge in [0.1, 0.15) is 5.25 Å². The van der Waals surface area contributed by atoms with Gasteiger partial charge in [-0.05, 0) is 33.6 Å². The second-order valence-corrected chi connectivity index (χ2v) is 8.90. The van der Waals surface area contributed by atoms with Crippen LogP contribution < -0.4 is 0 Å². The first kappa shape index (κ1) is 16.9. The summed E-state index contributed by atoms with van der Waals surface area (Å²) in [7, 11) is -3.44. The third-order valence-corrected chi connectivity index (χ3v) is 6.64. The number of nitrogens with zero attached hydrogens (tertiary/aromatic N) is 3. The zero-order chi connectivity index (χ0) is 16.5. The van der Waals surface area contributed by atoms with Crippen LogP contribution in [0.5, 0.6) is 0 Å². The maximum atomic E-state index is 12.5. The monoisotopic (exact) mass is 329 g/mol. The molecule has 1 aromatic heterocycles. The molecule has 0 bridgehead atoms. The molecule has 7 nitrogen and oxygen atoms in total. The molecule has 0 N–H and O–H groups in total. The summed E-state index contributed by atoms with van der Waals surface area (Å²) in [6.07, 6.45) is 1.67. The van der Waals surface area contributed by atoms with Crippen LogP contribution >= 0.6 is 0 Å². The fourth-order valence-electron chi connectivity index (χ4n) is 2.67. The van der Waals surface area contributed by atoms with Crippen molar-refractivity contribution in [3.8, 4) is 0 Å². The molecule has 1 aliphatic rings. The van der Waals surface area contributed by atoms with Crippen LogP contribution in [0.2, 0.25) is 0 Å². The second kappa shape index (κ2) is 6.36.